The Labute approximate surface area is 248 Å². The fourth-order valence-corrected chi connectivity index (χ4v) is 7.90. The molecular formula is C29H30ClN5O4S2. The number of amides is 3. The van der Waals surface area contributed by atoms with Crippen LogP contribution in [0.15, 0.2) is 77.7 Å². The Bertz CT molecular complexity index is 1690. The maximum absolute atomic E-state index is 13.2. The van der Waals surface area contributed by atoms with Gasteiger partial charge in [-0.1, -0.05) is 54.1 Å². The Morgan fingerprint density at radius 2 is 1.83 bits per heavy atom. The zero-order valence-corrected chi connectivity index (χ0v) is 25.1. The Hall–Kier alpha value is -3.54. The Morgan fingerprint density at radius 3 is 2.49 bits per heavy atom. The molecule has 3 amide bonds. The molecular weight excluding hydrogens is 582 g/mol. The van der Waals surface area contributed by atoms with Gasteiger partial charge in [0.1, 0.15) is 11.1 Å². The summed E-state index contributed by atoms with van der Waals surface area (Å²) in [7, 11) is -3.84. The third-order valence-electron chi connectivity index (χ3n) is 6.70. The smallest absolute Gasteiger partial charge is 0.325 e. The molecule has 4 aromatic rings. The lowest BCUT2D eigenvalue weighted by atomic mass is 10.0. The fraction of sp³-hybridized carbons (Fsp3) is 0.276. The largest absolute Gasteiger partial charge is 0.340 e. The first kappa shape index (κ1) is 29.0. The quantitative estimate of drug-likeness (QED) is 0.223. The number of halogens is 1. The molecule has 9 nitrogen and oxygen atoms in total. The molecule has 3 N–H and O–H groups in total. The number of nitrogens with one attached hydrogen (secondary N) is 3. The molecule has 3 aromatic carbocycles. The summed E-state index contributed by atoms with van der Waals surface area (Å²) < 4.78 is 30.2. The highest BCUT2D eigenvalue weighted by molar-refractivity contribution is 7.98. The van der Waals surface area contributed by atoms with Crippen LogP contribution in [-0.4, -0.2) is 40.2 Å². The molecule has 2 heterocycles. The Morgan fingerprint density at radius 1 is 1.12 bits per heavy atom. The third-order valence-corrected chi connectivity index (χ3v) is 10.2. The van der Waals surface area contributed by atoms with Gasteiger partial charge in [0.15, 0.2) is 0 Å². The molecule has 1 aliphatic rings. The second kappa shape index (κ2) is 11.4. The molecule has 0 radical (unpaired) electrons. The number of carbonyl (C=O) groups excluding carboxylic acids is 2. The Balaban J connectivity index is 1.37. The highest BCUT2D eigenvalue weighted by atomic mass is 35.5. The van der Waals surface area contributed by atoms with Crippen LogP contribution in [-0.2, 0) is 21.2 Å². The second-order valence-corrected chi connectivity index (χ2v) is 14.1. The first-order valence-corrected chi connectivity index (χ1v) is 15.7. The number of imidazole rings is 1. The van der Waals surface area contributed by atoms with E-state index in [2.05, 4.69) is 20.0 Å². The van der Waals surface area contributed by atoms with E-state index in [9.17, 15) is 18.0 Å². The average Bonchev–Trinajstić information content (AvgIpc) is 3.44. The summed E-state index contributed by atoms with van der Waals surface area (Å²) >= 11 is 7.35. The van der Waals surface area contributed by atoms with E-state index in [-0.39, 0.29) is 6.42 Å². The minimum Gasteiger partial charge on any atom is -0.340 e. The van der Waals surface area contributed by atoms with Crippen LogP contribution in [0, 0.1) is 0 Å². The molecule has 1 aromatic heterocycles. The van der Waals surface area contributed by atoms with Gasteiger partial charge in [0.2, 0.25) is 15.9 Å². The van der Waals surface area contributed by atoms with Crippen LogP contribution in [0.25, 0.3) is 11.0 Å². The number of rotatable bonds is 7. The Kier molecular flexibility index (Phi) is 8.04. The summed E-state index contributed by atoms with van der Waals surface area (Å²) in [5.74, 6) is 0.149. The molecule has 41 heavy (non-hydrogen) atoms. The van der Waals surface area contributed by atoms with Gasteiger partial charge in [-0.3, -0.25) is 9.52 Å². The number of hydrogen-bond donors (Lipinski definition) is 3. The molecule has 1 saturated heterocycles. The number of carbonyl (C=O) groups is 2. The molecule has 0 bridgehead atoms. The molecule has 12 heteroatoms. The van der Waals surface area contributed by atoms with E-state index in [1.807, 2.05) is 42.5 Å². The molecule has 0 spiro atoms. The van der Waals surface area contributed by atoms with Crippen molar-refractivity contribution in [1.82, 2.24) is 24.3 Å². The van der Waals surface area contributed by atoms with Gasteiger partial charge in [0, 0.05) is 9.92 Å². The summed E-state index contributed by atoms with van der Waals surface area (Å²) in [6, 6.07) is 21.0. The molecule has 214 valence electrons. The SMILES string of the molecule is CC(C)(C)N1C(=O)CC(c2ccc(C[C@H](NC(=O)NSc3ccccc3)c3nc4ccc(Cl)cc4[nH]3)cc2)S1(=O)=O. The minimum absolute atomic E-state index is 0.0933. The van der Waals surface area contributed by atoms with Crippen molar-refractivity contribution in [3.05, 3.63) is 94.8 Å². The van der Waals surface area contributed by atoms with E-state index in [4.69, 9.17) is 11.6 Å². The normalized spacial score (nSPS) is 17.5. The van der Waals surface area contributed by atoms with Crippen LogP contribution in [0.1, 0.15) is 55.4 Å². The lowest BCUT2D eigenvalue weighted by Crippen LogP contribution is -2.45. The number of benzene rings is 3. The van der Waals surface area contributed by atoms with Gasteiger partial charge >= 0.3 is 6.03 Å². The van der Waals surface area contributed by atoms with Gasteiger partial charge in [-0.25, -0.2) is 22.5 Å². The van der Waals surface area contributed by atoms with Crippen LogP contribution >= 0.6 is 23.5 Å². The van der Waals surface area contributed by atoms with Crippen molar-refractivity contribution in [3.63, 3.8) is 0 Å². The van der Waals surface area contributed by atoms with Gasteiger partial charge in [-0.15, -0.1) is 0 Å². The zero-order chi connectivity index (χ0) is 29.4. The number of nitrogens with zero attached hydrogens (tertiary/aromatic N) is 2. The van der Waals surface area contributed by atoms with Crippen LogP contribution < -0.4 is 10.0 Å². The van der Waals surface area contributed by atoms with Gasteiger partial charge in [0.05, 0.1) is 29.0 Å². The highest BCUT2D eigenvalue weighted by Crippen LogP contribution is 2.40. The minimum atomic E-state index is -3.84. The van der Waals surface area contributed by atoms with E-state index in [0.717, 1.165) is 20.3 Å². The van der Waals surface area contributed by atoms with Crippen LogP contribution in [0.4, 0.5) is 4.79 Å². The molecule has 1 unspecified atom stereocenters. The van der Waals surface area contributed by atoms with Gasteiger partial charge in [0.25, 0.3) is 0 Å². The third kappa shape index (κ3) is 6.37. The molecule has 1 aliphatic heterocycles. The predicted octanol–water partition coefficient (Wildman–Crippen LogP) is 5.91. The van der Waals surface area contributed by atoms with Crippen molar-refractivity contribution in [3.8, 4) is 0 Å². The van der Waals surface area contributed by atoms with Gasteiger partial charge in [-0.05, 0) is 80.6 Å². The summed E-state index contributed by atoms with van der Waals surface area (Å²) in [5, 5.41) is 2.63. The van der Waals surface area contributed by atoms with Crippen molar-refractivity contribution < 1.29 is 18.0 Å². The summed E-state index contributed by atoms with van der Waals surface area (Å²) in [5.41, 5.74) is 2.02. The van der Waals surface area contributed by atoms with Crippen LogP contribution in [0.3, 0.4) is 0 Å². The van der Waals surface area contributed by atoms with Crippen molar-refractivity contribution >= 4 is 56.5 Å². The maximum atomic E-state index is 13.2. The zero-order valence-electron chi connectivity index (χ0n) is 22.7. The topological polar surface area (TPSA) is 124 Å². The first-order chi connectivity index (χ1) is 19.4. The van der Waals surface area contributed by atoms with Gasteiger partial charge in [-0.2, -0.15) is 0 Å². The lowest BCUT2D eigenvalue weighted by Gasteiger charge is -2.30. The number of sulfonamides is 1. The standard InChI is InChI=1S/C29H30ClN5O4S2/c1-29(2,3)35-26(36)17-25(41(35,38)39)19-11-9-18(10-12-19)15-24(27-31-22-14-13-20(30)16-23(22)32-27)33-28(37)34-40-21-7-5-4-6-8-21/h4-14,16,24-25H,15,17H2,1-3H3,(H,31,32)(H2,33,34,37)/t24-,25?/m0/s1. The van der Waals surface area contributed by atoms with E-state index in [1.165, 1.54) is 11.9 Å². The van der Waals surface area contributed by atoms with Gasteiger partial charge < -0.3 is 10.3 Å². The van der Waals surface area contributed by atoms with Crippen molar-refractivity contribution in [2.75, 3.05) is 0 Å². The molecule has 1 fully saturated rings. The summed E-state index contributed by atoms with van der Waals surface area (Å²) in [6.07, 6.45) is 0.283. The fourth-order valence-electron chi connectivity index (χ4n) is 4.93. The van der Waals surface area contributed by atoms with E-state index in [1.54, 1.807) is 51.1 Å². The molecule has 5 rings (SSSR count). The number of H-pyrrole nitrogens is 1. The number of urea groups is 1. The number of fused-ring (bicyclic) bond motifs is 1. The summed E-state index contributed by atoms with van der Waals surface area (Å²) in [6.45, 7) is 5.13. The molecule has 2 atom stereocenters. The van der Waals surface area contributed by atoms with Crippen molar-refractivity contribution in [1.29, 1.82) is 0 Å². The first-order valence-electron chi connectivity index (χ1n) is 13.0. The monoisotopic (exact) mass is 611 g/mol. The predicted molar refractivity (Wildman–Crippen MR) is 161 cm³/mol. The lowest BCUT2D eigenvalue weighted by molar-refractivity contribution is -0.128. The summed E-state index contributed by atoms with van der Waals surface area (Å²) in [4.78, 5) is 34.3. The van der Waals surface area contributed by atoms with Crippen LogP contribution in [0.5, 0.6) is 0 Å². The number of hydrogen-bond acceptors (Lipinski definition) is 6. The number of aromatic amines is 1. The van der Waals surface area contributed by atoms with Crippen LogP contribution in [0.2, 0.25) is 5.02 Å². The highest BCUT2D eigenvalue weighted by Gasteiger charge is 2.49. The van der Waals surface area contributed by atoms with Crippen molar-refractivity contribution in [2.24, 2.45) is 0 Å². The number of aromatic nitrogens is 2. The van der Waals surface area contributed by atoms with E-state index < -0.39 is 38.8 Å². The average molecular weight is 612 g/mol. The van der Waals surface area contributed by atoms with E-state index >= 15 is 0 Å². The van der Waals surface area contributed by atoms with E-state index in [0.29, 0.717) is 28.3 Å². The van der Waals surface area contributed by atoms with Crippen molar-refractivity contribution in [2.45, 2.75) is 55.3 Å². The second-order valence-electron chi connectivity index (χ2n) is 10.8. The molecule has 0 saturated carbocycles. The molecule has 0 aliphatic carbocycles. The maximum Gasteiger partial charge on any atom is 0.325 e.